The van der Waals surface area contributed by atoms with Crippen LogP contribution in [0.4, 0.5) is 0 Å². The monoisotopic (exact) mass is 279 g/mol. The molecule has 5 nitrogen and oxygen atoms in total. The second-order valence-electron chi connectivity index (χ2n) is 5.01. The van der Waals surface area contributed by atoms with Crippen LogP contribution in [0.3, 0.4) is 0 Å². The fourth-order valence-corrected chi connectivity index (χ4v) is 2.42. The smallest absolute Gasteiger partial charge is 0.195 e. The van der Waals surface area contributed by atoms with E-state index in [-0.39, 0.29) is 0 Å². The highest BCUT2D eigenvalue weighted by molar-refractivity contribution is 5.81. The van der Waals surface area contributed by atoms with E-state index >= 15 is 0 Å². The fraction of sp³-hybridized carbons (Fsp3) is 0.125. The van der Waals surface area contributed by atoms with Gasteiger partial charge >= 0.3 is 0 Å². The van der Waals surface area contributed by atoms with Crippen molar-refractivity contribution < 1.29 is 0 Å². The molecular formula is C16H17N5. The van der Waals surface area contributed by atoms with Gasteiger partial charge in [-0.15, -0.1) is 0 Å². The molecule has 5 heteroatoms. The van der Waals surface area contributed by atoms with E-state index in [2.05, 4.69) is 15.3 Å². The van der Waals surface area contributed by atoms with E-state index < -0.39 is 5.66 Å². The van der Waals surface area contributed by atoms with E-state index in [0.29, 0.717) is 5.96 Å². The largest absolute Gasteiger partial charge is 0.370 e. The number of rotatable bonds is 2. The third-order valence-corrected chi connectivity index (χ3v) is 3.40. The molecule has 0 spiro atoms. The van der Waals surface area contributed by atoms with Crippen LogP contribution in [0.2, 0.25) is 0 Å². The number of aromatic nitrogens is 1. The number of hydrogen-bond acceptors (Lipinski definition) is 5. The molecule has 0 bridgehead atoms. The summed E-state index contributed by atoms with van der Waals surface area (Å²) in [5.74, 6) is 0.298. The lowest BCUT2D eigenvalue weighted by molar-refractivity contribution is 0.582. The first kappa shape index (κ1) is 13.3. The number of aliphatic imine (C=N–C) groups is 1. The standard InChI is InChI=1S/C16H17N5/c1-11-5-4-8-14(20-11)12-6-2-3-7-13(12)16(18)9-10-19-15(17)21-16/h2-10H,18H2,1H3,(H3,17,19,21). The van der Waals surface area contributed by atoms with Crippen LogP contribution in [0, 0.1) is 6.92 Å². The van der Waals surface area contributed by atoms with Crippen LogP contribution < -0.4 is 16.8 Å². The molecule has 1 aromatic carbocycles. The predicted octanol–water partition coefficient (Wildman–Crippen LogP) is 1.60. The Hall–Kier alpha value is -2.66. The van der Waals surface area contributed by atoms with Gasteiger partial charge in [-0.3, -0.25) is 10.7 Å². The molecule has 1 unspecified atom stereocenters. The van der Waals surface area contributed by atoms with Crippen LogP contribution in [0.1, 0.15) is 11.3 Å². The van der Waals surface area contributed by atoms with Crippen molar-refractivity contribution >= 4 is 5.96 Å². The molecule has 0 aliphatic carbocycles. The van der Waals surface area contributed by atoms with Crippen molar-refractivity contribution in [2.45, 2.75) is 12.6 Å². The van der Waals surface area contributed by atoms with Gasteiger partial charge in [0.25, 0.3) is 0 Å². The van der Waals surface area contributed by atoms with Gasteiger partial charge in [-0.1, -0.05) is 30.3 Å². The molecule has 106 valence electrons. The summed E-state index contributed by atoms with van der Waals surface area (Å²) in [5, 5.41) is 2.83. The van der Waals surface area contributed by atoms with Gasteiger partial charge in [0.15, 0.2) is 11.6 Å². The Labute approximate surface area is 123 Å². The number of nitrogens with two attached hydrogens (primary N) is 2. The molecule has 1 atom stereocenters. The Balaban J connectivity index is 2.17. The minimum absolute atomic E-state index is 0.298. The van der Waals surface area contributed by atoms with Gasteiger partial charge in [0.05, 0.1) is 5.69 Å². The fourth-order valence-electron chi connectivity index (χ4n) is 2.42. The molecule has 1 aromatic heterocycles. The SMILES string of the molecule is Cc1cccc(-c2ccccc2C2(N)C=CNC(N)=N2)n1. The highest BCUT2D eigenvalue weighted by Gasteiger charge is 2.29. The molecule has 2 aromatic rings. The Morgan fingerprint density at radius 1 is 1.10 bits per heavy atom. The Morgan fingerprint density at radius 3 is 2.67 bits per heavy atom. The molecule has 5 N–H and O–H groups in total. The van der Waals surface area contributed by atoms with E-state index in [1.165, 1.54) is 0 Å². The summed E-state index contributed by atoms with van der Waals surface area (Å²) in [7, 11) is 0. The van der Waals surface area contributed by atoms with Gasteiger partial charge in [0, 0.05) is 23.0 Å². The lowest BCUT2D eigenvalue weighted by atomic mass is 9.92. The minimum Gasteiger partial charge on any atom is -0.370 e. The number of benzene rings is 1. The molecule has 0 radical (unpaired) electrons. The molecule has 0 fully saturated rings. The van der Waals surface area contributed by atoms with E-state index in [4.69, 9.17) is 11.5 Å². The number of nitrogens with one attached hydrogen (secondary N) is 1. The Bertz CT molecular complexity index is 735. The molecule has 3 rings (SSSR count). The van der Waals surface area contributed by atoms with Crippen molar-refractivity contribution in [3.8, 4) is 11.3 Å². The van der Waals surface area contributed by atoms with E-state index in [9.17, 15) is 0 Å². The zero-order valence-corrected chi connectivity index (χ0v) is 11.7. The average Bonchev–Trinajstić information content (AvgIpc) is 2.47. The molecule has 0 amide bonds. The molecule has 1 aliphatic heterocycles. The van der Waals surface area contributed by atoms with Gasteiger partial charge in [0.2, 0.25) is 0 Å². The second-order valence-corrected chi connectivity index (χ2v) is 5.01. The van der Waals surface area contributed by atoms with Crippen molar-refractivity contribution in [3.63, 3.8) is 0 Å². The van der Waals surface area contributed by atoms with E-state index in [1.807, 2.05) is 49.4 Å². The van der Waals surface area contributed by atoms with E-state index in [1.54, 1.807) is 12.3 Å². The highest BCUT2D eigenvalue weighted by atomic mass is 15.2. The highest BCUT2D eigenvalue weighted by Crippen LogP contribution is 2.32. The average molecular weight is 279 g/mol. The first-order valence-electron chi connectivity index (χ1n) is 6.70. The van der Waals surface area contributed by atoms with Crippen LogP contribution in [-0.4, -0.2) is 10.9 Å². The van der Waals surface area contributed by atoms with Crippen molar-refractivity contribution in [2.24, 2.45) is 16.5 Å². The van der Waals surface area contributed by atoms with Crippen LogP contribution in [0.5, 0.6) is 0 Å². The summed E-state index contributed by atoms with van der Waals surface area (Å²) >= 11 is 0. The molecule has 0 saturated carbocycles. The Morgan fingerprint density at radius 2 is 1.90 bits per heavy atom. The normalized spacial score (nSPS) is 20.8. The first-order valence-corrected chi connectivity index (χ1v) is 6.70. The molecule has 0 saturated heterocycles. The minimum atomic E-state index is -0.989. The van der Waals surface area contributed by atoms with Gasteiger partial charge in [-0.2, -0.15) is 0 Å². The topological polar surface area (TPSA) is 89.3 Å². The number of pyridine rings is 1. The summed E-state index contributed by atoms with van der Waals surface area (Å²) < 4.78 is 0. The summed E-state index contributed by atoms with van der Waals surface area (Å²) in [5.41, 5.74) is 14.8. The van der Waals surface area contributed by atoms with Crippen molar-refractivity contribution in [1.29, 1.82) is 0 Å². The summed E-state index contributed by atoms with van der Waals surface area (Å²) in [6, 6.07) is 13.7. The van der Waals surface area contributed by atoms with Crippen LogP contribution in [0.25, 0.3) is 11.3 Å². The number of hydrogen-bond donors (Lipinski definition) is 3. The predicted molar refractivity (Wildman–Crippen MR) is 84.2 cm³/mol. The van der Waals surface area contributed by atoms with Crippen LogP contribution >= 0.6 is 0 Å². The molecule has 21 heavy (non-hydrogen) atoms. The van der Waals surface area contributed by atoms with Crippen LogP contribution in [-0.2, 0) is 5.66 Å². The number of nitrogens with zero attached hydrogens (tertiary/aromatic N) is 2. The first-order chi connectivity index (χ1) is 10.1. The van der Waals surface area contributed by atoms with Gasteiger partial charge in [-0.25, -0.2) is 4.99 Å². The van der Waals surface area contributed by atoms with Gasteiger partial charge < -0.3 is 11.1 Å². The molecule has 2 heterocycles. The maximum atomic E-state index is 6.42. The molecular weight excluding hydrogens is 262 g/mol. The third-order valence-electron chi connectivity index (χ3n) is 3.40. The van der Waals surface area contributed by atoms with Gasteiger partial charge in [-0.05, 0) is 25.1 Å². The summed E-state index contributed by atoms with van der Waals surface area (Å²) in [6.07, 6.45) is 3.50. The zero-order valence-electron chi connectivity index (χ0n) is 11.7. The third kappa shape index (κ3) is 2.51. The maximum Gasteiger partial charge on any atom is 0.195 e. The van der Waals surface area contributed by atoms with Crippen LogP contribution in [0.15, 0.2) is 59.7 Å². The Kier molecular flexibility index (Phi) is 3.19. The number of guanidine groups is 1. The zero-order chi connectivity index (χ0) is 14.9. The summed E-state index contributed by atoms with van der Waals surface area (Å²) in [4.78, 5) is 8.91. The summed E-state index contributed by atoms with van der Waals surface area (Å²) in [6.45, 7) is 1.96. The quantitative estimate of drug-likeness (QED) is 0.779. The lowest BCUT2D eigenvalue weighted by Gasteiger charge is -2.27. The second kappa shape index (κ2) is 5.03. The number of aryl methyl sites for hydroxylation is 1. The molecule has 1 aliphatic rings. The maximum absolute atomic E-state index is 6.42. The van der Waals surface area contributed by atoms with Crippen molar-refractivity contribution in [2.75, 3.05) is 0 Å². The van der Waals surface area contributed by atoms with Crippen molar-refractivity contribution in [3.05, 3.63) is 66.0 Å². The van der Waals surface area contributed by atoms with Crippen molar-refractivity contribution in [1.82, 2.24) is 10.3 Å². The lowest BCUT2D eigenvalue weighted by Crippen LogP contribution is -2.42. The van der Waals surface area contributed by atoms with E-state index in [0.717, 1.165) is 22.5 Å². The van der Waals surface area contributed by atoms with Gasteiger partial charge in [0.1, 0.15) is 0 Å².